The topological polar surface area (TPSA) is 30.7 Å². The minimum atomic E-state index is 0.857. The van der Waals surface area contributed by atoms with Gasteiger partial charge in [0.1, 0.15) is 0 Å². The van der Waals surface area contributed by atoms with Crippen molar-refractivity contribution in [3.63, 3.8) is 0 Å². The SMILES string of the molecule is c1ccc2c(-c3nc4ccc(-n5c6ccccc6c6c7ccccc7c7ccccc7c65)cc4nc3-c3cccc4ccccc34)cccc2c1. The predicted octanol–water partition coefficient (Wildman–Crippen LogP) is 12.7. The third kappa shape index (κ3) is 4.12. The molecular weight excluding hydrogens is 619 g/mol. The van der Waals surface area contributed by atoms with Gasteiger partial charge in [-0.25, -0.2) is 9.97 Å². The summed E-state index contributed by atoms with van der Waals surface area (Å²) < 4.78 is 2.43. The maximum Gasteiger partial charge on any atom is 0.0979 e. The van der Waals surface area contributed by atoms with Crippen molar-refractivity contribution in [1.82, 2.24) is 14.5 Å². The van der Waals surface area contributed by atoms with Gasteiger partial charge in [-0.1, -0.05) is 152 Å². The largest absolute Gasteiger partial charge is 0.309 e. The Bertz CT molecular complexity index is 3200. The van der Waals surface area contributed by atoms with Crippen LogP contribution in [0, 0.1) is 0 Å². The molecule has 0 radical (unpaired) electrons. The van der Waals surface area contributed by atoms with Crippen LogP contribution in [0.25, 0.3) is 104 Å². The Labute approximate surface area is 293 Å². The van der Waals surface area contributed by atoms with Gasteiger partial charge >= 0.3 is 0 Å². The van der Waals surface area contributed by atoms with Crippen LogP contribution in [0.2, 0.25) is 0 Å². The summed E-state index contributed by atoms with van der Waals surface area (Å²) in [5.74, 6) is 0. The summed E-state index contributed by atoms with van der Waals surface area (Å²) in [6.07, 6.45) is 0. The van der Waals surface area contributed by atoms with Gasteiger partial charge in [0.05, 0.1) is 33.5 Å². The van der Waals surface area contributed by atoms with Gasteiger partial charge in [-0.15, -0.1) is 0 Å². The highest BCUT2D eigenvalue weighted by molar-refractivity contribution is 6.32. The maximum absolute atomic E-state index is 5.55. The van der Waals surface area contributed by atoms with Crippen LogP contribution in [0.15, 0.2) is 176 Å². The summed E-state index contributed by atoms with van der Waals surface area (Å²) >= 11 is 0. The van der Waals surface area contributed by atoms with Gasteiger partial charge < -0.3 is 4.57 Å². The molecule has 0 fully saturated rings. The Morgan fingerprint density at radius 1 is 0.353 bits per heavy atom. The molecule has 3 heteroatoms. The number of hydrogen-bond donors (Lipinski definition) is 0. The molecule has 0 aliphatic carbocycles. The zero-order valence-electron chi connectivity index (χ0n) is 27.6. The minimum Gasteiger partial charge on any atom is -0.309 e. The Kier molecular flexibility index (Phi) is 5.96. The van der Waals surface area contributed by atoms with Gasteiger partial charge in [-0.3, -0.25) is 0 Å². The monoisotopic (exact) mass is 647 g/mol. The van der Waals surface area contributed by atoms with Crippen LogP contribution in [0.1, 0.15) is 0 Å². The van der Waals surface area contributed by atoms with Crippen molar-refractivity contribution < 1.29 is 0 Å². The third-order valence-corrected chi connectivity index (χ3v) is 10.5. The van der Waals surface area contributed by atoms with E-state index >= 15 is 0 Å². The number of hydrogen-bond acceptors (Lipinski definition) is 2. The van der Waals surface area contributed by atoms with Crippen molar-refractivity contribution in [3.05, 3.63) is 176 Å². The molecule has 0 saturated heterocycles. The van der Waals surface area contributed by atoms with Crippen LogP contribution in [0.4, 0.5) is 0 Å². The molecule has 9 aromatic carbocycles. The molecular formula is C48H29N3. The first-order valence-corrected chi connectivity index (χ1v) is 17.4. The first-order chi connectivity index (χ1) is 25.3. The summed E-state index contributed by atoms with van der Waals surface area (Å²) in [5, 5.41) is 12.2. The molecule has 11 rings (SSSR count). The average Bonchev–Trinajstić information content (AvgIpc) is 3.56. The van der Waals surface area contributed by atoms with E-state index in [0.29, 0.717) is 0 Å². The molecule has 3 nitrogen and oxygen atoms in total. The summed E-state index contributed by atoms with van der Waals surface area (Å²) in [7, 11) is 0. The smallest absolute Gasteiger partial charge is 0.0979 e. The quantitative estimate of drug-likeness (QED) is 0.179. The van der Waals surface area contributed by atoms with Crippen LogP contribution in [0.5, 0.6) is 0 Å². The van der Waals surface area contributed by atoms with E-state index in [1.54, 1.807) is 0 Å². The van der Waals surface area contributed by atoms with Crippen molar-refractivity contribution in [3.8, 4) is 28.2 Å². The fraction of sp³-hybridized carbons (Fsp3) is 0. The second-order valence-corrected chi connectivity index (χ2v) is 13.3. The van der Waals surface area contributed by atoms with E-state index in [2.05, 4.69) is 180 Å². The van der Waals surface area contributed by atoms with Crippen LogP contribution in [0.3, 0.4) is 0 Å². The lowest BCUT2D eigenvalue weighted by Crippen LogP contribution is -1.99. The molecule has 0 N–H and O–H groups in total. The number of benzene rings is 9. The molecule has 0 amide bonds. The Balaban J connectivity index is 1.25. The molecule has 0 aliphatic heterocycles. The van der Waals surface area contributed by atoms with Gasteiger partial charge in [0.25, 0.3) is 0 Å². The van der Waals surface area contributed by atoms with Crippen LogP contribution < -0.4 is 0 Å². The highest BCUT2D eigenvalue weighted by Gasteiger charge is 2.21. The molecule has 11 aromatic rings. The van der Waals surface area contributed by atoms with E-state index in [-0.39, 0.29) is 0 Å². The highest BCUT2D eigenvalue weighted by atomic mass is 15.0. The van der Waals surface area contributed by atoms with E-state index in [1.807, 2.05) is 0 Å². The van der Waals surface area contributed by atoms with Crippen LogP contribution in [-0.2, 0) is 0 Å². The Hall–Kier alpha value is -6.84. The van der Waals surface area contributed by atoms with E-state index in [1.165, 1.54) is 54.1 Å². The summed E-state index contributed by atoms with van der Waals surface area (Å²) in [5.41, 5.74) is 9.08. The molecule has 236 valence electrons. The molecule has 51 heavy (non-hydrogen) atoms. The van der Waals surface area contributed by atoms with Gasteiger partial charge in [0.2, 0.25) is 0 Å². The van der Waals surface area contributed by atoms with Gasteiger partial charge in [-0.2, -0.15) is 0 Å². The van der Waals surface area contributed by atoms with Crippen molar-refractivity contribution in [2.45, 2.75) is 0 Å². The van der Waals surface area contributed by atoms with E-state index in [4.69, 9.17) is 9.97 Å². The van der Waals surface area contributed by atoms with E-state index in [9.17, 15) is 0 Å². The number of nitrogens with zero attached hydrogens (tertiary/aromatic N) is 3. The lowest BCUT2D eigenvalue weighted by molar-refractivity contribution is 1.18. The van der Waals surface area contributed by atoms with E-state index < -0.39 is 0 Å². The summed E-state index contributed by atoms with van der Waals surface area (Å²) in [6, 6.07) is 63.0. The average molecular weight is 648 g/mol. The molecule has 0 spiro atoms. The highest BCUT2D eigenvalue weighted by Crippen LogP contribution is 2.43. The number of aromatic nitrogens is 3. The van der Waals surface area contributed by atoms with Crippen LogP contribution in [-0.4, -0.2) is 14.5 Å². The molecule has 0 bridgehead atoms. The number of para-hydroxylation sites is 1. The standard InChI is InChI=1S/C48H29N3/c1-3-17-33-30(13-1)15-11-24-38(33)46-47(39-25-12-16-31-14-2-4-18-34(31)39)50-43-29-32(27-28-42(43)49-46)51-44-26-10-9-23-41(44)45-37-21-7-5-19-35(37)36-20-6-8-22-40(36)48(45)51/h1-29H. The predicted molar refractivity (Wildman–Crippen MR) is 215 cm³/mol. The van der Waals surface area contributed by atoms with Crippen molar-refractivity contribution in [1.29, 1.82) is 0 Å². The minimum absolute atomic E-state index is 0.857. The lowest BCUT2D eigenvalue weighted by Gasteiger charge is -2.16. The second-order valence-electron chi connectivity index (χ2n) is 13.3. The first kappa shape index (κ1) is 28.0. The summed E-state index contributed by atoms with van der Waals surface area (Å²) in [4.78, 5) is 11.0. The maximum atomic E-state index is 5.55. The molecule has 2 heterocycles. The molecule has 0 unspecified atom stereocenters. The van der Waals surface area contributed by atoms with Gasteiger partial charge in [0.15, 0.2) is 0 Å². The number of rotatable bonds is 3. The number of fused-ring (bicyclic) bond motifs is 11. The van der Waals surface area contributed by atoms with Crippen molar-refractivity contribution in [2.75, 3.05) is 0 Å². The fourth-order valence-corrected chi connectivity index (χ4v) is 8.32. The molecule has 2 aromatic heterocycles. The van der Waals surface area contributed by atoms with Gasteiger partial charge in [-0.05, 0) is 62.0 Å². The fourth-order valence-electron chi connectivity index (χ4n) is 8.32. The van der Waals surface area contributed by atoms with Gasteiger partial charge in [0, 0.05) is 33.0 Å². The zero-order chi connectivity index (χ0) is 33.5. The first-order valence-electron chi connectivity index (χ1n) is 17.4. The Morgan fingerprint density at radius 3 is 1.51 bits per heavy atom. The van der Waals surface area contributed by atoms with E-state index in [0.717, 1.165) is 50.0 Å². The van der Waals surface area contributed by atoms with Crippen LogP contribution >= 0.6 is 0 Å². The van der Waals surface area contributed by atoms with Crippen molar-refractivity contribution in [2.24, 2.45) is 0 Å². The van der Waals surface area contributed by atoms with Crippen molar-refractivity contribution >= 4 is 75.9 Å². The zero-order valence-corrected chi connectivity index (χ0v) is 27.6. The second kappa shape index (κ2) is 10.8. The molecule has 0 atom stereocenters. The summed E-state index contributed by atoms with van der Waals surface area (Å²) in [6.45, 7) is 0. The molecule has 0 saturated carbocycles. The molecule has 0 aliphatic rings. The Morgan fingerprint density at radius 2 is 0.843 bits per heavy atom. The lowest BCUT2D eigenvalue weighted by atomic mass is 9.95. The normalized spacial score (nSPS) is 11.9. The third-order valence-electron chi connectivity index (χ3n) is 10.5.